The fourth-order valence-electron chi connectivity index (χ4n) is 1.62. The highest BCUT2D eigenvalue weighted by molar-refractivity contribution is 5.92. The Hall–Kier alpha value is -1.65. The summed E-state index contributed by atoms with van der Waals surface area (Å²) >= 11 is 0. The zero-order valence-electron chi connectivity index (χ0n) is 9.43. The maximum absolute atomic E-state index is 11.8. The summed E-state index contributed by atoms with van der Waals surface area (Å²) < 4.78 is 1.16. The Morgan fingerprint density at radius 1 is 1.56 bits per heavy atom. The topological polar surface area (TPSA) is 64.0 Å². The number of amides is 1. The Morgan fingerprint density at radius 3 is 2.81 bits per heavy atom. The van der Waals surface area contributed by atoms with Crippen LogP contribution in [0, 0.1) is 5.92 Å². The molecular weight excluding hydrogens is 206 g/mol. The van der Waals surface area contributed by atoms with E-state index in [2.05, 4.69) is 10.4 Å². The fraction of sp³-hybridized carbons (Fsp3) is 0.545. The van der Waals surface area contributed by atoms with Gasteiger partial charge in [0.15, 0.2) is 0 Å². The van der Waals surface area contributed by atoms with Crippen molar-refractivity contribution >= 4 is 5.91 Å². The smallest absolute Gasteiger partial charge is 0.271 e. The average molecular weight is 221 g/mol. The minimum absolute atomic E-state index is 0.187. The Morgan fingerprint density at radius 2 is 2.25 bits per heavy atom. The summed E-state index contributed by atoms with van der Waals surface area (Å²) in [6, 6.07) is 2.99. The first-order chi connectivity index (χ1) is 7.58. The van der Waals surface area contributed by atoms with Crippen molar-refractivity contribution in [3.8, 4) is 0 Å². The monoisotopic (exact) mass is 221 g/mol. The normalized spacial score (nSPS) is 16.9. The zero-order valence-corrected chi connectivity index (χ0v) is 9.43. The molecule has 0 unspecified atom stereocenters. The molecule has 2 rings (SSSR count). The molecule has 0 saturated heterocycles. The third-order valence-electron chi connectivity index (χ3n) is 2.88. The van der Waals surface area contributed by atoms with Crippen LogP contribution >= 0.6 is 0 Å². The van der Waals surface area contributed by atoms with Crippen molar-refractivity contribution in [2.75, 3.05) is 0 Å². The lowest BCUT2D eigenvalue weighted by molar-refractivity contribution is 0.0928. The lowest BCUT2D eigenvalue weighted by Gasteiger charge is -2.12. The number of nitrogens with zero attached hydrogens (tertiary/aromatic N) is 2. The number of carbonyl (C=O) groups excluding carboxylic acids is 1. The van der Waals surface area contributed by atoms with Gasteiger partial charge in [-0.25, -0.2) is 4.68 Å². The largest absolute Gasteiger partial charge is 0.348 e. The lowest BCUT2D eigenvalue weighted by atomic mass is 10.2. The number of hydrogen-bond acceptors (Lipinski definition) is 3. The maximum atomic E-state index is 11.8. The van der Waals surface area contributed by atoms with Gasteiger partial charge in [-0.2, -0.15) is 5.10 Å². The number of rotatable bonds is 3. The van der Waals surface area contributed by atoms with Crippen LogP contribution in [0.2, 0.25) is 0 Å². The molecule has 1 N–H and O–H groups in total. The molecular formula is C11H15N3O2. The number of hydrogen-bond donors (Lipinski definition) is 1. The van der Waals surface area contributed by atoms with Crippen molar-refractivity contribution in [2.24, 2.45) is 13.0 Å². The first-order valence-electron chi connectivity index (χ1n) is 5.43. The van der Waals surface area contributed by atoms with Gasteiger partial charge in [0.2, 0.25) is 0 Å². The number of aryl methyl sites for hydroxylation is 1. The van der Waals surface area contributed by atoms with E-state index in [-0.39, 0.29) is 23.2 Å². The molecule has 1 fully saturated rings. The quantitative estimate of drug-likeness (QED) is 0.799. The standard InChI is InChI=1S/C11H15N3O2/c1-7(8-3-4-8)12-11(16)9-5-6-10(15)14(2)13-9/h5-8H,3-4H2,1-2H3,(H,12,16)/t7-/m1/s1. The Bertz CT molecular complexity index is 463. The first kappa shape index (κ1) is 10.9. The number of nitrogens with one attached hydrogen (secondary N) is 1. The molecule has 1 amide bonds. The van der Waals surface area contributed by atoms with E-state index >= 15 is 0 Å². The molecule has 0 spiro atoms. The molecule has 0 bridgehead atoms. The second-order valence-electron chi connectivity index (χ2n) is 4.28. The highest BCUT2D eigenvalue weighted by atomic mass is 16.2. The van der Waals surface area contributed by atoms with Crippen molar-refractivity contribution in [1.29, 1.82) is 0 Å². The van der Waals surface area contributed by atoms with Gasteiger partial charge in [0.1, 0.15) is 5.69 Å². The van der Waals surface area contributed by atoms with Gasteiger partial charge in [0.25, 0.3) is 11.5 Å². The van der Waals surface area contributed by atoms with Gasteiger partial charge in [-0.3, -0.25) is 9.59 Å². The van der Waals surface area contributed by atoms with E-state index in [9.17, 15) is 9.59 Å². The second kappa shape index (κ2) is 4.08. The molecule has 5 nitrogen and oxygen atoms in total. The Labute approximate surface area is 93.5 Å². The summed E-state index contributed by atoms with van der Waals surface area (Å²) in [5.41, 5.74) is 0.0707. The molecule has 1 aliphatic rings. The lowest BCUT2D eigenvalue weighted by Crippen LogP contribution is -2.35. The summed E-state index contributed by atoms with van der Waals surface area (Å²) in [4.78, 5) is 22.9. The van der Waals surface area contributed by atoms with Crippen molar-refractivity contribution in [1.82, 2.24) is 15.1 Å². The van der Waals surface area contributed by atoms with Crippen LogP contribution < -0.4 is 10.9 Å². The summed E-state index contributed by atoms with van der Waals surface area (Å²) in [6.07, 6.45) is 2.37. The van der Waals surface area contributed by atoms with Crippen LogP contribution in [0.25, 0.3) is 0 Å². The summed E-state index contributed by atoms with van der Waals surface area (Å²) in [6.45, 7) is 2.00. The predicted molar refractivity (Wildman–Crippen MR) is 59.1 cm³/mol. The van der Waals surface area contributed by atoms with Gasteiger partial charge in [-0.05, 0) is 31.7 Å². The molecule has 1 heterocycles. The third-order valence-corrected chi connectivity index (χ3v) is 2.88. The van der Waals surface area contributed by atoms with Crippen LogP contribution in [0.1, 0.15) is 30.3 Å². The molecule has 1 aliphatic carbocycles. The molecule has 0 aliphatic heterocycles. The Kier molecular flexibility index (Phi) is 2.77. The SMILES string of the molecule is C[C@@H](NC(=O)c1ccc(=O)n(C)n1)C1CC1. The number of aromatic nitrogens is 2. The minimum Gasteiger partial charge on any atom is -0.348 e. The van der Waals surface area contributed by atoms with Gasteiger partial charge >= 0.3 is 0 Å². The second-order valence-corrected chi connectivity index (χ2v) is 4.28. The van der Waals surface area contributed by atoms with Crippen molar-refractivity contribution in [2.45, 2.75) is 25.8 Å². The van der Waals surface area contributed by atoms with Crippen LogP contribution in [0.4, 0.5) is 0 Å². The highest BCUT2D eigenvalue weighted by Crippen LogP contribution is 2.32. The van der Waals surface area contributed by atoms with Crippen LogP contribution in [-0.4, -0.2) is 21.7 Å². The van der Waals surface area contributed by atoms with Crippen molar-refractivity contribution < 1.29 is 4.79 Å². The van der Waals surface area contributed by atoms with Crippen LogP contribution in [0.3, 0.4) is 0 Å². The van der Waals surface area contributed by atoms with E-state index in [1.807, 2.05) is 6.92 Å². The molecule has 1 aromatic heterocycles. The summed E-state index contributed by atoms with van der Waals surface area (Å²) in [5.74, 6) is 0.395. The predicted octanol–water partition coefficient (Wildman–Crippen LogP) is 0.309. The van der Waals surface area contributed by atoms with E-state index in [1.54, 1.807) is 0 Å². The summed E-state index contributed by atoms with van der Waals surface area (Å²) in [7, 11) is 1.53. The molecule has 1 aromatic rings. The molecule has 0 aromatic carbocycles. The molecule has 16 heavy (non-hydrogen) atoms. The zero-order chi connectivity index (χ0) is 11.7. The van der Waals surface area contributed by atoms with Crippen molar-refractivity contribution in [3.63, 3.8) is 0 Å². The van der Waals surface area contributed by atoms with Gasteiger partial charge in [0.05, 0.1) is 0 Å². The minimum atomic E-state index is -0.216. The molecule has 1 atom stereocenters. The van der Waals surface area contributed by atoms with E-state index in [4.69, 9.17) is 0 Å². The average Bonchev–Trinajstić information content (AvgIpc) is 3.05. The third kappa shape index (κ3) is 2.29. The molecule has 86 valence electrons. The van der Waals surface area contributed by atoms with Gasteiger partial charge in [-0.15, -0.1) is 0 Å². The van der Waals surface area contributed by atoms with E-state index in [0.29, 0.717) is 5.92 Å². The van der Waals surface area contributed by atoms with Gasteiger partial charge < -0.3 is 5.32 Å². The number of carbonyl (C=O) groups is 1. The molecule has 1 saturated carbocycles. The highest BCUT2D eigenvalue weighted by Gasteiger charge is 2.29. The first-order valence-corrected chi connectivity index (χ1v) is 5.43. The van der Waals surface area contributed by atoms with Gasteiger partial charge in [-0.1, -0.05) is 0 Å². The van der Waals surface area contributed by atoms with Gasteiger partial charge in [0, 0.05) is 19.2 Å². The van der Waals surface area contributed by atoms with Crippen LogP contribution in [0.15, 0.2) is 16.9 Å². The van der Waals surface area contributed by atoms with Crippen LogP contribution in [-0.2, 0) is 7.05 Å². The van der Waals surface area contributed by atoms with E-state index in [1.165, 1.54) is 32.0 Å². The fourth-order valence-corrected chi connectivity index (χ4v) is 1.62. The van der Waals surface area contributed by atoms with Crippen LogP contribution in [0.5, 0.6) is 0 Å². The Balaban J connectivity index is 2.07. The molecule has 0 radical (unpaired) electrons. The van der Waals surface area contributed by atoms with E-state index < -0.39 is 0 Å². The maximum Gasteiger partial charge on any atom is 0.271 e. The molecule has 5 heteroatoms. The van der Waals surface area contributed by atoms with E-state index in [0.717, 1.165) is 4.68 Å². The van der Waals surface area contributed by atoms with Crippen molar-refractivity contribution in [3.05, 3.63) is 28.2 Å². The summed E-state index contributed by atoms with van der Waals surface area (Å²) in [5, 5.41) is 6.79.